The molecular weight excluding hydrogens is 329 g/mol. The van der Waals surface area contributed by atoms with Gasteiger partial charge in [0.2, 0.25) is 0 Å². The van der Waals surface area contributed by atoms with Gasteiger partial charge in [0.1, 0.15) is 0 Å². The van der Waals surface area contributed by atoms with Gasteiger partial charge in [-0.25, -0.2) is 0 Å². The van der Waals surface area contributed by atoms with Gasteiger partial charge >= 0.3 is 91.3 Å². The summed E-state index contributed by atoms with van der Waals surface area (Å²) >= 11 is 0. The van der Waals surface area contributed by atoms with E-state index in [-0.39, 0.29) is 91.3 Å². The van der Waals surface area contributed by atoms with Crippen LogP contribution in [0.4, 0.5) is 0 Å². The summed E-state index contributed by atoms with van der Waals surface area (Å²) in [4.78, 5) is 17.9. The number of carboxylic acids is 2. The third kappa shape index (κ3) is 10.7. The fourth-order valence-corrected chi connectivity index (χ4v) is 0. The largest absolute Gasteiger partial charge is 1.00 e. The molecule has 0 spiro atoms. The van der Waals surface area contributed by atoms with Crippen LogP contribution in [-0.4, -0.2) is 11.9 Å². The molecule has 0 radical (unpaired) electrons. The second kappa shape index (κ2) is 8.73. The first-order valence-electron chi connectivity index (χ1n) is 1.07. The molecule has 8 heavy (non-hydrogen) atoms. The first-order valence-corrected chi connectivity index (χ1v) is 1.07. The zero-order chi connectivity index (χ0) is 5.15. The van der Waals surface area contributed by atoms with E-state index >= 15 is 0 Å². The molecule has 0 unspecified atom stereocenters. The Balaban J connectivity index is -0.000000125. The maximum Gasteiger partial charge on any atom is 1.00 e. The summed E-state index contributed by atoms with van der Waals surface area (Å²) < 4.78 is 0. The molecule has 0 fully saturated rings. The van der Waals surface area contributed by atoms with Crippen LogP contribution in [0.5, 0.6) is 0 Å². The number of rotatable bonds is 0. The van der Waals surface area contributed by atoms with Gasteiger partial charge in [0.25, 0.3) is 0 Å². The molecule has 0 amide bonds. The average Bonchev–Trinajstić information content (AvgIpc) is 1.36. The Labute approximate surface area is 120 Å². The third-order valence-corrected chi connectivity index (χ3v) is 0.167. The molecule has 0 aliphatic carbocycles. The molecule has 0 atom stereocenters. The predicted molar refractivity (Wildman–Crippen MR) is 10.0 cm³/mol. The minimum Gasteiger partial charge on any atom is -0.543 e. The van der Waals surface area contributed by atoms with Crippen molar-refractivity contribution in [2.45, 2.75) is 0 Å². The number of hydrogen-bond donors (Lipinski definition) is 0. The van der Waals surface area contributed by atoms with Crippen molar-refractivity contribution < 1.29 is 111 Å². The summed E-state index contributed by atoms with van der Waals surface area (Å²) in [5.41, 5.74) is 0. The standard InChI is InChI=1S/C2H2O4.Ag.Cs/c3-1(4)2(5)6;;/h(H,3,4)(H,5,6);;/q;2*+1/p-2. The van der Waals surface area contributed by atoms with Crippen LogP contribution in [0.1, 0.15) is 0 Å². The molecule has 0 aromatic carbocycles. The van der Waals surface area contributed by atoms with Crippen molar-refractivity contribution >= 4 is 11.9 Å². The van der Waals surface area contributed by atoms with E-state index in [1.807, 2.05) is 0 Å². The van der Waals surface area contributed by atoms with Gasteiger partial charge < -0.3 is 19.8 Å². The molecule has 0 heterocycles. The van der Waals surface area contributed by atoms with Crippen LogP contribution in [0.25, 0.3) is 0 Å². The van der Waals surface area contributed by atoms with Gasteiger partial charge in [-0.05, 0) is 0 Å². The Morgan fingerprint density at radius 2 is 1.12 bits per heavy atom. The summed E-state index contributed by atoms with van der Waals surface area (Å²) in [6, 6.07) is 0. The van der Waals surface area contributed by atoms with Crippen molar-refractivity contribution in [1.29, 1.82) is 0 Å². The molecule has 0 aliphatic heterocycles. The normalized spacial score (nSPS) is 5.50. The Kier molecular flexibility index (Phi) is 17.9. The average molecular weight is 329 g/mol. The first-order chi connectivity index (χ1) is 2.64. The molecule has 6 heteroatoms. The van der Waals surface area contributed by atoms with E-state index in [4.69, 9.17) is 19.8 Å². The molecule has 0 aliphatic rings. The SMILES string of the molecule is O=C([O-])C(=O)[O-].[Ag+].[Cs+]. The fourth-order valence-electron chi connectivity index (χ4n) is 0. The molecule has 0 bridgehead atoms. The molecule has 0 saturated heterocycles. The predicted octanol–water partition coefficient (Wildman–Crippen LogP) is -6.51. The van der Waals surface area contributed by atoms with Crippen molar-refractivity contribution in [2.24, 2.45) is 0 Å². The molecule has 0 aromatic rings. The van der Waals surface area contributed by atoms with Crippen molar-refractivity contribution in [1.82, 2.24) is 0 Å². The number of aliphatic carboxylic acids is 2. The van der Waals surface area contributed by atoms with E-state index in [9.17, 15) is 0 Å². The summed E-state index contributed by atoms with van der Waals surface area (Å²) in [5, 5.41) is 17.9. The van der Waals surface area contributed by atoms with Gasteiger partial charge in [0.15, 0.2) is 0 Å². The molecule has 0 rings (SSSR count). The van der Waals surface area contributed by atoms with Crippen LogP contribution in [0.2, 0.25) is 0 Å². The van der Waals surface area contributed by atoms with Crippen LogP contribution in [-0.2, 0) is 32.0 Å². The summed E-state index contributed by atoms with van der Waals surface area (Å²) in [7, 11) is 0. The number of hydrogen-bond acceptors (Lipinski definition) is 4. The summed E-state index contributed by atoms with van der Waals surface area (Å²) in [5.74, 6) is -4.37. The van der Waals surface area contributed by atoms with Crippen LogP contribution < -0.4 is 79.1 Å². The maximum absolute atomic E-state index is 8.93. The molecule has 44 valence electrons. The number of carbonyl (C=O) groups is 2. The first kappa shape index (κ1) is 16.4. The molecule has 0 N–H and O–H groups in total. The fraction of sp³-hybridized carbons (Fsp3) is 0. The van der Waals surface area contributed by atoms with Crippen LogP contribution in [0.15, 0.2) is 0 Å². The second-order valence-electron chi connectivity index (χ2n) is 0.575. The van der Waals surface area contributed by atoms with Crippen molar-refractivity contribution in [3.05, 3.63) is 0 Å². The van der Waals surface area contributed by atoms with E-state index in [0.717, 1.165) is 0 Å². The monoisotopic (exact) mass is 328 g/mol. The topological polar surface area (TPSA) is 80.3 Å². The zero-order valence-corrected chi connectivity index (χ0v) is 11.7. The van der Waals surface area contributed by atoms with Crippen molar-refractivity contribution in [2.75, 3.05) is 0 Å². The van der Waals surface area contributed by atoms with E-state index in [2.05, 4.69) is 0 Å². The van der Waals surface area contributed by atoms with E-state index in [1.54, 1.807) is 0 Å². The van der Waals surface area contributed by atoms with Gasteiger partial charge in [-0.3, -0.25) is 0 Å². The molecule has 0 aromatic heterocycles. The number of carboxylic acid groups (broad SMARTS) is 2. The van der Waals surface area contributed by atoms with E-state index in [1.165, 1.54) is 0 Å². The molecule has 0 saturated carbocycles. The van der Waals surface area contributed by atoms with Crippen LogP contribution >= 0.6 is 0 Å². The van der Waals surface area contributed by atoms with Crippen LogP contribution in [0.3, 0.4) is 0 Å². The Morgan fingerprint density at radius 3 is 1.12 bits per heavy atom. The minimum absolute atomic E-state index is 0. The second-order valence-corrected chi connectivity index (χ2v) is 0.575. The van der Waals surface area contributed by atoms with Gasteiger partial charge in [-0.15, -0.1) is 0 Å². The molecule has 4 nitrogen and oxygen atoms in total. The van der Waals surface area contributed by atoms with Gasteiger partial charge in [-0.1, -0.05) is 0 Å². The van der Waals surface area contributed by atoms with Gasteiger partial charge in [0.05, 0.1) is 11.9 Å². The zero-order valence-electron chi connectivity index (χ0n) is 3.93. The quantitative estimate of drug-likeness (QED) is 0.327. The van der Waals surface area contributed by atoms with Crippen molar-refractivity contribution in [3.8, 4) is 0 Å². The Hall–Kier alpha value is 1.73. The minimum atomic E-state index is -2.19. The Morgan fingerprint density at radius 1 is 1.00 bits per heavy atom. The summed E-state index contributed by atoms with van der Waals surface area (Å²) in [6.45, 7) is 0. The third-order valence-electron chi connectivity index (χ3n) is 0.167. The van der Waals surface area contributed by atoms with Crippen molar-refractivity contribution in [3.63, 3.8) is 0 Å². The smallest absolute Gasteiger partial charge is 0.543 e. The van der Waals surface area contributed by atoms with E-state index < -0.39 is 11.9 Å². The van der Waals surface area contributed by atoms with Gasteiger partial charge in [0, 0.05) is 0 Å². The molecular formula is C2AgCsO4. The number of carbonyl (C=O) groups excluding carboxylic acids is 2. The Bertz CT molecular complexity index is 80.0. The maximum atomic E-state index is 8.93. The summed E-state index contributed by atoms with van der Waals surface area (Å²) in [6.07, 6.45) is 0. The van der Waals surface area contributed by atoms with E-state index in [0.29, 0.717) is 0 Å². The van der Waals surface area contributed by atoms with Gasteiger partial charge in [-0.2, -0.15) is 0 Å². The van der Waals surface area contributed by atoms with Crippen LogP contribution in [0, 0.1) is 0 Å².